The largest absolute Gasteiger partial charge is 0.323 e. The molecule has 2 aromatic rings. The fourth-order valence-electron chi connectivity index (χ4n) is 3.13. The zero-order chi connectivity index (χ0) is 19.6. The Morgan fingerprint density at radius 2 is 1.70 bits per heavy atom. The molecule has 2 aromatic carbocycles. The number of fused-ring (bicyclic) bond motifs is 1. The Morgan fingerprint density at radius 3 is 2.41 bits per heavy atom. The molecule has 6 nitrogen and oxygen atoms in total. The lowest BCUT2D eigenvalue weighted by molar-refractivity contribution is 0.0636. The lowest BCUT2D eigenvalue weighted by Gasteiger charge is -2.15. The van der Waals surface area contributed by atoms with E-state index in [2.05, 4.69) is 10.6 Å². The minimum Gasteiger partial charge on any atom is -0.308 e. The summed E-state index contributed by atoms with van der Waals surface area (Å²) < 4.78 is 0. The molecule has 0 aliphatic carbocycles. The third-order valence-electron chi connectivity index (χ3n) is 4.42. The third-order valence-corrected chi connectivity index (χ3v) is 4.42. The summed E-state index contributed by atoms with van der Waals surface area (Å²) in [6, 6.07) is 12.0. The zero-order valence-corrected chi connectivity index (χ0v) is 15.7. The summed E-state index contributed by atoms with van der Waals surface area (Å²) in [6.45, 7) is 6.30. The van der Waals surface area contributed by atoms with E-state index < -0.39 is 6.03 Å². The average molecular weight is 365 g/mol. The number of hydrogen-bond donors (Lipinski definition) is 2. The average Bonchev–Trinajstić information content (AvgIpc) is 2.86. The molecule has 3 rings (SSSR count). The number of rotatable bonds is 5. The molecule has 1 heterocycles. The van der Waals surface area contributed by atoms with Crippen molar-refractivity contribution in [3.8, 4) is 0 Å². The van der Waals surface area contributed by atoms with Gasteiger partial charge in [0.25, 0.3) is 11.8 Å². The van der Waals surface area contributed by atoms with Crippen LogP contribution >= 0.6 is 0 Å². The van der Waals surface area contributed by atoms with Gasteiger partial charge in [-0.1, -0.05) is 39.0 Å². The predicted octanol–water partition coefficient (Wildman–Crippen LogP) is 4.15. The zero-order valence-electron chi connectivity index (χ0n) is 15.7. The van der Waals surface area contributed by atoms with E-state index in [0.717, 1.165) is 17.7 Å². The summed E-state index contributed by atoms with van der Waals surface area (Å²) in [4.78, 5) is 38.5. The number of nitrogens with zero attached hydrogens (tertiary/aromatic N) is 1. The Morgan fingerprint density at radius 1 is 1.00 bits per heavy atom. The van der Waals surface area contributed by atoms with Crippen LogP contribution in [-0.4, -0.2) is 29.3 Å². The van der Waals surface area contributed by atoms with Crippen molar-refractivity contribution in [2.45, 2.75) is 27.2 Å². The molecule has 0 bridgehead atoms. The molecule has 6 heteroatoms. The van der Waals surface area contributed by atoms with Gasteiger partial charge < -0.3 is 10.6 Å². The van der Waals surface area contributed by atoms with Crippen molar-refractivity contribution < 1.29 is 14.4 Å². The van der Waals surface area contributed by atoms with Crippen LogP contribution in [-0.2, 0) is 6.42 Å². The van der Waals surface area contributed by atoms with Crippen molar-refractivity contribution in [2.24, 2.45) is 5.92 Å². The number of urea groups is 1. The minimum absolute atomic E-state index is 0.189. The lowest BCUT2D eigenvalue weighted by atomic mass is 10.1. The maximum Gasteiger partial charge on any atom is 0.323 e. The number of carbonyl (C=O) groups excluding carboxylic acids is 3. The highest BCUT2D eigenvalue weighted by Gasteiger charge is 2.35. The van der Waals surface area contributed by atoms with Crippen molar-refractivity contribution in [1.29, 1.82) is 0 Å². The van der Waals surface area contributed by atoms with Gasteiger partial charge in [-0.15, -0.1) is 0 Å². The van der Waals surface area contributed by atoms with Gasteiger partial charge in [0, 0.05) is 17.9 Å². The molecule has 0 aromatic heterocycles. The van der Waals surface area contributed by atoms with Crippen molar-refractivity contribution in [2.75, 3.05) is 17.2 Å². The monoisotopic (exact) mass is 365 g/mol. The van der Waals surface area contributed by atoms with Crippen molar-refractivity contribution in [3.63, 3.8) is 0 Å². The van der Waals surface area contributed by atoms with Crippen LogP contribution < -0.4 is 10.6 Å². The molecule has 0 radical (unpaired) electrons. The SMILES string of the molecule is CCc1ccccc1NC(=O)Nc1ccc2c(c1)C(=O)N(CC(C)C)C2=O. The third kappa shape index (κ3) is 3.84. The Kier molecular flexibility index (Phi) is 5.26. The fourth-order valence-corrected chi connectivity index (χ4v) is 3.13. The maximum absolute atomic E-state index is 12.5. The lowest BCUT2D eigenvalue weighted by Crippen LogP contribution is -2.33. The Balaban J connectivity index is 1.75. The smallest absolute Gasteiger partial charge is 0.308 e. The number of carbonyl (C=O) groups is 3. The van der Waals surface area contributed by atoms with Crippen LogP contribution in [0.2, 0.25) is 0 Å². The summed E-state index contributed by atoms with van der Waals surface area (Å²) >= 11 is 0. The first-order valence-corrected chi connectivity index (χ1v) is 9.06. The molecule has 0 saturated carbocycles. The summed E-state index contributed by atoms with van der Waals surface area (Å²) in [5.41, 5.74) is 2.95. The van der Waals surface area contributed by atoms with Crippen LogP contribution in [0.3, 0.4) is 0 Å². The molecule has 4 amide bonds. The van der Waals surface area contributed by atoms with E-state index in [4.69, 9.17) is 0 Å². The molecule has 27 heavy (non-hydrogen) atoms. The first-order chi connectivity index (χ1) is 12.9. The number of para-hydroxylation sites is 1. The first kappa shape index (κ1) is 18.6. The van der Waals surface area contributed by atoms with E-state index in [1.54, 1.807) is 18.2 Å². The van der Waals surface area contributed by atoms with Crippen molar-refractivity contribution >= 4 is 29.2 Å². The number of anilines is 2. The van der Waals surface area contributed by atoms with Crippen LogP contribution in [0.25, 0.3) is 0 Å². The van der Waals surface area contributed by atoms with E-state index >= 15 is 0 Å². The van der Waals surface area contributed by atoms with Crippen LogP contribution in [0, 0.1) is 5.92 Å². The van der Waals surface area contributed by atoms with Crippen LogP contribution in [0.5, 0.6) is 0 Å². The molecule has 0 atom stereocenters. The minimum atomic E-state index is -0.397. The number of nitrogens with one attached hydrogen (secondary N) is 2. The standard InChI is InChI=1S/C21H23N3O3/c1-4-14-7-5-6-8-18(14)23-21(27)22-15-9-10-16-17(11-15)20(26)24(19(16)25)12-13(2)3/h5-11,13H,4,12H2,1-3H3,(H2,22,23,27). The molecular weight excluding hydrogens is 342 g/mol. The molecule has 2 N–H and O–H groups in total. The van der Waals surface area contributed by atoms with Gasteiger partial charge in [0.05, 0.1) is 11.1 Å². The normalized spacial score (nSPS) is 13.1. The summed E-state index contributed by atoms with van der Waals surface area (Å²) in [7, 11) is 0. The van der Waals surface area contributed by atoms with Gasteiger partial charge in [-0.2, -0.15) is 0 Å². The number of benzene rings is 2. The van der Waals surface area contributed by atoms with Gasteiger partial charge in [0.15, 0.2) is 0 Å². The van der Waals surface area contributed by atoms with Gasteiger partial charge in [-0.25, -0.2) is 4.79 Å². The van der Waals surface area contributed by atoms with Gasteiger partial charge in [0.2, 0.25) is 0 Å². The maximum atomic E-state index is 12.5. The number of amides is 4. The van der Waals surface area contributed by atoms with Crippen molar-refractivity contribution in [1.82, 2.24) is 4.90 Å². The molecule has 140 valence electrons. The molecule has 0 fully saturated rings. The Hall–Kier alpha value is -3.15. The highest BCUT2D eigenvalue weighted by atomic mass is 16.2. The van der Waals surface area contributed by atoms with Gasteiger partial charge >= 0.3 is 6.03 Å². The van der Waals surface area contributed by atoms with E-state index in [9.17, 15) is 14.4 Å². The summed E-state index contributed by atoms with van der Waals surface area (Å²) in [6.07, 6.45) is 0.803. The first-order valence-electron chi connectivity index (χ1n) is 9.06. The van der Waals surface area contributed by atoms with Crippen LogP contribution in [0.4, 0.5) is 16.2 Å². The van der Waals surface area contributed by atoms with Crippen LogP contribution in [0.15, 0.2) is 42.5 Å². The number of hydrogen-bond acceptors (Lipinski definition) is 3. The van der Waals surface area contributed by atoms with Gasteiger partial charge in [0.1, 0.15) is 0 Å². The second-order valence-electron chi connectivity index (χ2n) is 6.96. The number of aryl methyl sites for hydroxylation is 1. The molecule has 1 aliphatic rings. The second-order valence-corrected chi connectivity index (χ2v) is 6.96. The highest BCUT2D eigenvalue weighted by molar-refractivity contribution is 6.22. The quantitative estimate of drug-likeness (QED) is 0.782. The Labute approximate surface area is 158 Å². The van der Waals surface area contributed by atoms with E-state index in [1.807, 2.05) is 45.0 Å². The predicted molar refractivity (Wildman–Crippen MR) is 105 cm³/mol. The molecule has 1 aliphatic heterocycles. The topological polar surface area (TPSA) is 78.5 Å². The summed E-state index contributed by atoms with van der Waals surface area (Å²) in [5, 5.41) is 5.55. The second kappa shape index (κ2) is 7.61. The highest BCUT2D eigenvalue weighted by Crippen LogP contribution is 2.26. The fraction of sp³-hybridized carbons (Fsp3) is 0.286. The van der Waals surface area contributed by atoms with E-state index in [1.165, 1.54) is 4.90 Å². The molecule has 0 spiro atoms. The van der Waals surface area contributed by atoms with Gasteiger partial charge in [-0.05, 0) is 42.2 Å². The van der Waals surface area contributed by atoms with Crippen molar-refractivity contribution in [3.05, 3.63) is 59.2 Å². The van der Waals surface area contributed by atoms with E-state index in [-0.39, 0.29) is 17.7 Å². The van der Waals surface area contributed by atoms with E-state index in [0.29, 0.717) is 23.4 Å². The number of imide groups is 1. The summed E-state index contributed by atoms with van der Waals surface area (Å²) in [5.74, 6) is -0.408. The molecule has 0 saturated heterocycles. The Bertz CT molecular complexity index is 905. The van der Waals surface area contributed by atoms with Gasteiger partial charge in [-0.3, -0.25) is 14.5 Å². The molecular formula is C21H23N3O3. The van der Waals surface area contributed by atoms with Crippen LogP contribution in [0.1, 0.15) is 47.1 Å². The molecule has 0 unspecified atom stereocenters.